The maximum absolute atomic E-state index is 12.3. The number of nitrogens with one attached hydrogen (secondary N) is 2. The van der Waals surface area contributed by atoms with Crippen molar-refractivity contribution < 1.29 is 17.7 Å². The van der Waals surface area contributed by atoms with E-state index in [1.165, 1.54) is 11.9 Å². The zero-order chi connectivity index (χ0) is 19.6. The van der Waals surface area contributed by atoms with Crippen LogP contribution in [-0.2, 0) is 6.54 Å². The molecule has 0 aliphatic heterocycles. The second-order valence-corrected chi connectivity index (χ2v) is 6.21. The lowest BCUT2D eigenvalue weighted by Gasteiger charge is -2.19. The van der Waals surface area contributed by atoms with Crippen LogP contribution in [0.4, 0.5) is 13.2 Å². The number of guanidine groups is 1. The number of halogens is 3. The molecule has 9 heteroatoms. The molecule has 0 unspecified atom stereocenters. The highest BCUT2D eigenvalue weighted by Gasteiger charge is 2.28. The lowest BCUT2D eigenvalue weighted by Crippen LogP contribution is -2.42. The molecule has 1 heterocycles. The fourth-order valence-electron chi connectivity index (χ4n) is 2.55. The lowest BCUT2D eigenvalue weighted by atomic mass is 9.99. The molecule has 0 saturated heterocycles. The molecule has 0 aliphatic carbocycles. The van der Waals surface area contributed by atoms with Crippen LogP contribution in [0.2, 0.25) is 0 Å². The van der Waals surface area contributed by atoms with Gasteiger partial charge in [-0.3, -0.25) is 4.90 Å². The third-order valence-corrected chi connectivity index (χ3v) is 3.95. The molecule has 2 N–H and O–H groups in total. The molecule has 0 aromatic carbocycles. The lowest BCUT2D eigenvalue weighted by molar-refractivity contribution is -0.142. The minimum absolute atomic E-state index is 0.255. The second-order valence-electron chi connectivity index (χ2n) is 6.21. The van der Waals surface area contributed by atoms with Gasteiger partial charge in [-0.25, -0.2) is 4.99 Å². The molecule has 0 spiro atoms. The van der Waals surface area contributed by atoms with Crippen LogP contribution in [0.25, 0.3) is 0 Å². The summed E-state index contributed by atoms with van der Waals surface area (Å²) in [4.78, 5) is 5.62. The predicted octanol–water partition coefficient (Wildman–Crippen LogP) is 3.13. The smallest absolute Gasteiger partial charge is 0.359 e. The first kappa shape index (κ1) is 22.3. The van der Waals surface area contributed by atoms with Crippen LogP contribution in [0.15, 0.2) is 15.6 Å². The zero-order valence-electron chi connectivity index (χ0n) is 16.0. The van der Waals surface area contributed by atoms with Gasteiger partial charge in [-0.05, 0) is 26.8 Å². The molecule has 6 nitrogen and oxygen atoms in total. The predicted molar refractivity (Wildman–Crippen MR) is 96.2 cm³/mol. The largest absolute Gasteiger partial charge is 0.401 e. The molecule has 1 aromatic rings. The highest BCUT2D eigenvalue weighted by atomic mass is 19.4. The summed E-state index contributed by atoms with van der Waals surface area (Å²) in [5.74, 6) is 1.58. The van der Waals surface area contributed by atoms with E-state index >= 15 is 0 Å². The van der Waals surface area contributed by atoms with Crippen LogP contribution in [0.3, 0.4) is 0 Å². The minimum atomic E-state index is -4.19. The number of hydrogen-bond acceptors (Lipinski definition) is 4. The molecule has 0 aliphatic rings. The van der Waals surface area contributed by atoms with Gasteiger partial charge >= 0.3 is 6.18 Å². The van der Waals surface area contributed by atoms with E-state index in [4.69, 9.17) is 4.52 Å². The summed E-state index contributed by atoms with van der Waals surface area (Å²) in [6, 6.07) is 1.92. The van der Waals surface area contributed by atoms with Crippen molar-refractivity contribution in [2.75, 3.05) is 33.2 Å². The van der Waals surface area contributed by atoms with Gasteiger partial charge in [-0.1, -0.05) is 19.0 Å². The van der Waals surface area contributed by atoms with E-state index in [0.29, 0.717) is 37.3 Å². The van der Waals surface area contributed by atoms with Crippen LogP contribution in [0.5, 0.6) is 0 Å². The van der Waals surface area contributed by atoms with Crippen molar-refractivity contribution in [3.05, 3.63) is 17.5 Å². The third kappa shape index (κ3) is 8.55. The highest BCUT2D eigenvalue weighted by Crippen LogP contribution is 2.22. The van der Waals surface area contributed by atoms with E-state index in [1.807, 2.05) is 13.0 Å². The standard InChI is InChI=1S/C17H30F3N5O/c1-5-13(6-2)15-10-14(26-24-15)11-23-16(21-7-3)22-8-9-25(4)12-17(18,19)20/h10,13H,5-9,11-12H2,1-4H3,(H2,21,22,23). The number of likely N-dealkylation sites (N-methyl/N-ethyl adjacent to an activating group) is 1. The topological polar surface area (TPSA) is 65.7 Å². The molecule has 0 atom stereocenters. The van der Waals surface area contributed by atoms with Gasteiger partial charge in [-0.2, -0.15) is 13.2 Å². The van der Waals surface area contributed by atoms with Gasteiger partial charge in [0, 0.05) is 31.6 Å². The van der Waals surface area contributed by atoms with Crippen molar-refractivity contribution in [3.63, 3.8) is 0 Å². The number of rotatable bonds is 10. The van der Waals surface area contributed by atoms with E-state index in [2.05, 4.69) is 34.6 Å². The first-order valence-corrected chi connectivity index (χ1v) is 9.01. The Kier molecular flexibility index (Phi) is 9.47. The first-order chi connectivity index (χ1) is 12.3. The maximum atomic E-state index is 12.3. The number of aromatic nitrogens is 1. The van der Waals surface area contributed by atoms with Gasteiger partial charge in [0.15, 0.2) is 11.7 Å². The number of hydrogen-bond donors (Lipinski definition) is 2. The Hall–Kier alpha value is -1.77. The molecule has 1 rings (SSSR count). The maximum Gasteiger partial charge on any atom is 0.401 e. The fraction of sp³-hybridized carbons (Fsp3) is 0.765. The summed E-state index contributed by atoms with van der Waals surface area (Å²) >= 11 is 0. The number of aliphatic imine (C=N–C) groups is 1. The Labute approximate surface area is 153 Å². The van der Waals surface area contributed by atoms with Gasteiger partial charge in [0.25, 0.3) is 0 Å². The van der Waals surface area contributed by atoms with E-state index < -0.39 is 12.7 Å². The van der Waals surface area contributed by atoms with Gasteiger partial charge in [0.05, 0.1) is 12.2 Å². The molecule has 0 fully saturated rings. The van der Waals surface area contributed by atoms with Crippen LogP contribution < -0.4 is 10.6 Å². The van der Waals surface area contributed by atoms with Crippen molar-refractivity contribution in [1.29, 1.82) is 0 Å². The first-order valence-electron chi connectivity index (χ1n) is 9.01. The Morgan fingerprint density at radius 3 is 2.54 bits per heavy atom. The monoisotopic (exact) mass is 377 g/mol. The van der Waals surface area contributed by atoms with Crippen molar-refractivity contribution >= 4 is 5.96 Å². The summed E-state index contributed by atoms with van der Waals surface area (Å²) in [6.45, 7) is 6.80. The number of nitrogens with zero attached hydrogens (tertiary/aromatic N) is 3. The Balaban J connectivity index is 2.53. The Bertz CT molecular complexity index is 541. The summed E-state index contributed by atoms with van der Waals surface area (Å²) in [5.41, 5.74) is 0.937. The fourth-order valence-corrected chi connectivity index (χ4v) is 2.55. The molecule has 0 bridgehead atoms. The van der Waals surface area contributed by atoms with E-state index in [-0.39, 0.29) is 6.54 Å². The summed E-state index contributed by atoms with van der Waals surface area (Å²) in [6.07, 6.45) is -2.19. The van der Waals surface area contributed by atoms with Crippen molar-refractivity contribution in [3.8, 4) is 0 Å². The Morgan fingerprint density at radius 1 is 1.27 bits per heavy atom. The zero-order valence-corrected chi connectivity index (χ0v) is 16.0. The SMILES string of the molecule is CCNC(=NCc1cc(C(CC)CC)no1)NCCN(C)CC(F)(F)F. The van der Waals surface area contributed by atoms with Crippen molar-refractivity contribution in [2.24, 2.45) is 4.99 Å². The highest BCUT2D eigenvalue weighted by molar-refractivity contribution is 5.79. The molecule has 150 valence electrons. The van der Waals surface area contributed by atoms with Crippen LogP contribution in [0, 0.1) is 0 Å². The molecule has 0 radical (unpaired) electrons. The third-order valence-electron chi connectivity index (χ3n) is 3.95. The van der Waals surface area contributed by atoms with Gasteiger partial charge in [-0.15, -0.1) is 0 Å². The second kappa shape index (κ2) is 11.1. The Morgan fingerprint density at radius 2 is 1.96 bits per heavy atom. The summed E-state index contributed by atoms with van der Waals surface area (Å²) in [5, 5.41) is 10.2. The van der Waals surface area contributed by atoms with Gasteiger partial charge in [0.2, 0.25) is 0 Å². The molecule has 0 amide bonds. The van der Waals surface area contributed by atoms with Gasteiger partial charge in [0.1, 0.15) is 6.54 Å². The summed E-state index contributed by atoms with van der Waals surface area (Å²) in [7, 11) is 1.44. The quantitative estimate of drug-likeness (QED) is 0.484. The average Bonchev–Trinajstić information content (AvgIpc) is 3.01. The minimum Gasteiger partial charge on any atom is -0.359 e. The van der Waals surface area contributed by atoms with E-state index in [9.17, 15) is 13.2 Å². The summed E-state index contributed by atoms with van der Waals surface area (Å²) < 4.78 is 42.3. The normalized spacial score (nSPS) is 12.9. The van der Waals surface area contributed by atoms with Crippen molar-refractivity contribution in [1.82, 2.24) is 20.7 Å². The van der Waals surface area contributed by atoms with Crippen LogP contribution >= 0.6 is 0 Å². The van der Waals surface area contributed by atoms with Crippen LogP contribution in [0.1, 0.15) is 51.0 Å². The molecular weight excluding hydrogens is 347 g/mol. The molecular formula is C17H30F3N5O. The van der Waals surface area contributed by atoms with Crippen molar-refractivity contribution in [2.45, 2.75) is 52.3 Å². The van der Waals surface area contributed by atoms with E-state index in [1.54, 1.807) is 0 Å². The molecule has 0 saturated carbocycles. The average molecular weight is 377 g/mol. The number of alkyl halides is 3. The van der Waals surface area contributed by atoms with Crippen LogP contribution in [-0.4, -0.2) is 55.4 Å². The molecule has 1 aromatic heterocycles. The van der Waals surface area contributed by atoms with E-state index in [0.717, 1.165) is 18.5 Å². The van der Waals surface area contributed by atoms with Gasteiger partial charge < -0.3 is 15.2 Å². The molecule has 26 heavy (non-hydrogen) atoms.